The second-order valence-electron chi connectivity index (χ2n) is 6.10. The largest absolute Gasteiger partial charge is 0.372 e. The van der Waals surface area contributed by atoms with Crippen LogP contribution in [0.4, 0.5) is 0 Å². The van der Waals surface area contributed by atoms with E-state index in [9.17, 15) is 4.79 Å². The molecule has 0 unspecified atom stereocenters. The zero-order chi connectivity index (χ0) is 14.4. The molecule has 0 radical (unpaired) electrons. The smallest absolute Gasteiger partial charge is 0.222 e. The predicted molar refractivity (Wildman–Crippen MR) is 73.6 cm³/mol. The Morgan fingerprint density at radius 3 is 2.17 bits per heavy atom. The first-order valence-corrected chi connectivity index (χ1v) is 6.66. The molecule has 0 heterocycles. The highest BCUT2D eigenvalue weighted by Gasteiger charge is 2.28. The third-order valence-electron chi connectivity index (χ3n) is 2.33. The van der Waals surface area contributed by atoms with Gasteiger partial charge in [-0.2, -0.15) is 0 Å². The van der Waals surface area contributed by atoms with Crippen molar-refractivity contribution in [1.82, 2.24) is 5.32 Å². The molecule has 0 aliphatic carbocycles. The monoisotopic (exact) mass is 259 g/mol. The number of nitrogens with one attached hydrogen (secondary N) is 1. The van der Waals surface area contributed by atoms with Crippen LogP contribution < -0.4 is 5.32 Å². The summed E-state index contributed by atoms with van der Waals surface area (Å²) in [7, 11) is 0. The first-order valence-electron chi connectivity index (χ1n) is 6.66. The van der Waals surface area contributed by atoms with Crippen molar-refractivity contribution in [3.8, 4) is 0 Å². The van der Waals surface area contributed by atoms with E-state index in [1.54, 1.807) is 0 Å². The Bertz CT molecular complexity index is 260. The molecule has 4 nitrogen and oxygen atoms in total. The summed E-state index contributed by atoms with van der Waals surface area (Å²) in [5, 5.41) is 2.78. The lowest BCUT2D eigenvalue weighted by molar-refractivity contribution is -0.147. The van der Waals surface area contributed by atoms with Crippen LogP contribution in [0.2, 0.25) is 0 Å². The predicted octanol–water partition coefficient (Wildman–Crippen LogP) is 2.51. The first kappa shape index (κ1) is 17.4. The van der Waals surface area contributed by atoms with Crippen LogP contribution in [0.25, 0.3) is 0 Å². The highest BCUT2D eigenvalue weighted by molar-refractivity contribution is 5.76. The Labute approximate surface area is 111 Å². The standard InChI is InChI=1S/C14H29NO3/c1-8-15-12(16)9-13(4,5)17-10-14(6,7)18-11(2)3/h11H,8-10H2,1-7H3,(H,15,16). The Kier molecular flexibility index (Phi) is 6.86. The van der Waals surface area contributed by atoms with Crippen molar-refractivity contribution < 1.29 is 14.3 Å². The molecule has 1 amide bonds. The number of amides is 1. The maximum absolute atomic E-state index is 11.5. The van der Waals surface area contributed by atoms with Gasteiger partial charge in [-0.1, -0.05) is 0 Å². The van der Waals surface area contributed by atoms with Gasteiger partial charge >= 0.3 is 0 Å². The molecule has 0 saturated heterocycles. The molecule has 108 valence electrons. The second-order valence-corrected chi connectivity index (χ2v) is 6.10. The fraction of sp³-hybridized carbons (Fsp3) is 0.929. The number of rotatable bonds is 8. The summed E-state index contributed by atoms with van der Waals surface area (Å²) in [4.78, 5) is 11.5. The van der Waals surface area contributed by atoms with E-state index >= 15 is 0 Å². The van der Waals surface area contributed by atoms with E-state index in [0.717, 1.165) is 0 Å². The minimum atomic E-state index is -0.475. The van der Waals surface area contributed by atoms with Crippen molar-refractivity contribution in [2.75, 3.05) is 13.2 Å². The van der Waals surface area contributed by atoms with Crippen molar-refractivity contribution in [3.63, 3.8) is 0 Å². The van der Waals surface area contributed by atoms with Gasteiger partial charge in [-0.15, -0.1) is 0 Å². The lowest BCUT2D eigenvalue weighted by Gasteiger charge is -2.33. The van der Waals surface area contributed by atoms with Gasteiger partial charge in [0.25, 0.3) is 0 Å². The first-order chi connectivity index (χ1) is 8.08. The van der Waals surface area contributed by atoms with Crippen LogP contribution in [0.1, 0.15) is 54.9 Å². The molecule has 1 N–H and O–H groups in total. The number of ether oxygens (including phenoxy) is 2. The van der Waals surface area contributed by atoms with E-state index in [1.165, 1.54) is 0 Å². The summed E-state index contributed by atoms with van der Waals surface area (Å²) >= 11 is 0. The Hall–Kier alpha value is -0.610. The van der Waals surface area contributed by atoms with Gasteiger partial charge < -0.3 is 14.8 Å². The SMILES string of the molecule is CCNC(=O)CC(C)(C)OCC(C)(C)OC(C)C. The minimum Gasteiger partial charge on any atom is -0.372 e. The molecule has 0 aromatic heterocycles. The summed E-state index contributed by atoms with van der Waals surface area (Å²) in [6.45, 7) is 14.9. The van der Waals surface area contributed by atoms with E-state index in [-0.39, 0.29) is 17.6 Å². The average molecular weight is 259 g/mol. The third-order valence-corrected chi connectivity index (χ3v) is 2.33. The minimum absolute atomic E-state index is 0.0186. The number of hydrogen-bond donors (Lipinski definition) is 1. The lowest BCUT2D eigenvalue weighted by atomic mass is 10.0. The molecular weight excluding hydrogens is 230 g/mol. The molecular formula is C14H29NO3. The third kappa shape index (κ3) is 8.48. The van der Waals surface area contributed by atoms with E-state index < -0.39 is 5.60 Å². The second kappa shape index (κ2) is 7.10. The molecule has 0 spiro atoms. The molecule has 0 atom stereocenters. The normalized spacial score (nSPS) is 12.9. The maximum atomic E-state index is 11.5. The van der Waals surface area contributed by atoms with Gasteiger partial charge in [0.1, 0.15) is 0 Å². The van der Waals surface area contributed by atoms with Crippen LogP contribution in [0.3, 0.4) is 0 Å². The fourth-order valence-electron chi connectivity index (χ4n) is 1.74. The lowest BCUT2D eigenvalue weighted by Crippen LogP contribution is -2.40. The van der Waals surface area contributed by atoms with Gasteiger partial charge in [-0.3, -0.25) is 4.79 Å². The molecule has 4 heteroatoms. The zero-order valence-corrected chi connectivity index (χ0v) is 12.9. The molecule has 0 aromatic rings. The van der Waals surface area contributed by atoms with Crippen LogP contribution >= 0.6 is 0 Å². The summed E-state index contributed by atoms with van der Waals surface area (Å²) in [6, 6.07) is 0. The Balaban J connectivity index is 4.20. The van der Waals surface area contributed by atoms with Crippen LogP contribution in [-0.4, -0.2) is 36.4 Å². The zero-order valence-electron chi connectivity index (χ0n) is 12.9. The molecule has 0 aliphatic heterocycles. The van der Waals surface area contributed by atoms with Crippen LogP contribution in [0.5, 0.6) is 0 Å². The van der Waals surface area contributed by atoms with Crippen molar-refractivity contribution in [1.29, 1.82) is 0 Å². The molecule has 18 heavy (non-hydrogen) atoms. The van der Waals surface area contributed by atoms with Gasteiger partial charge in [0, 0.05) is 6.54 Å². The summed E-state index contributed by atoms with van der Waals surface area (Å²) in [5.41, 5.74) is -0.816. The van der Waals surface area contributed by atoms with Crippen molar-refractivity contribution in [2.45, 2.75) is 72.2 Å². The van der Waals surface area contributed by atoms with E-state index in [1.807, 2.05) is 48.5 Å². The molecule has 0 saturated carbocycles. The quantitative estimate of drug-likeness (QED) is 0.728. The molecule has 0 bridgehead atoms. The molecule has 0 fully saturated rings. The van der Waals surface area contributed by atoms with E-state index in [4.69, 9.17) is 9.47 Å². The van der Waals surface area contributed by atoms with Gasteiger partial charge in [-0.05, 0) is 48.5 Å². The van der Waals surface area contributed by atoms with Gasteiger partial charge in [0.05, 0.1) is 30.3 Å². The number of carbonyl (C=O) groups excluding carboxylic acids is 1. The highest BCUT2D eigenvalue weighted by atomic mass is 16.6. The number of hydrogen-bond acceptors (Lipinski definition) is 3. The summed E-state index contributed by atoms with van der Waals surface area (Å²) < 4.78 is 11.6. The molecule has 0 aromatic carbocycles. The molecule has 0 rings (SSSR count). The number of carbonyl (C=O) groups is 1. The van der Waals surface area contributed by atoms with Gasteiger partial charge in [0.2, 0.25) is 5.91 Å². The average Bonchev–Trinajstić information content (AvgIpc) is 2.12. The van der Waals surface area contributed by atoms with Crippen molar-refractivity contribution in [3.05, 3.63) is 0 Å². The Morgan fingerprint density at radius 1 is 1.17 bits per heavy atom. The Morgan fingerprint density at radius 2 is 1.72 bits per heavy atom. The van der Waals surface area contributed by atoms with E-state index in [0.29, 0.717) is 19.6 Å². The summed E-state index contributed by atoms with van der Waals surface area (Å²) in [6.07, 6.45) is 0.522. The van der Waals surface area contributed by atoms with Crippen LogP contribution in [0, 0.1) is 0 Å². The van der Waals surface area contributed by atoms with Gasteiger partial charge in [0.15, 0.2) is 0 Å². The van der Waals surface area contributed by atoms with Crippen LogP contribution in [0.15, 0.2) is 0 Å². The molecule has 0 aliphatic rings. The summed E-state index contributed by atoms with van der Waals surface area (Å²) in [5.74, 6) is 0.0186. The van der Waals surface area contributed by atoms with Gasteiger partial charge in [-0.25, -0.2) is 0 Å². The van der Waals surface area contributed by atoms with E-state index in [2.05, 4.69) is 5.32 Å². The highest BCUT2D eigenvalue weighted by Crippen LogP contribution is 2.20. The van der Waals surface area contributed by atoms with Crippen molar-refractivity contribution >= 4 is 5.91 Å². The topological polar surface area (TPSA) is 47.6 Å². The van der Waals surface area contributed by atoms with Crippen molar-refractivity contribution in [2.24, 2.45) is 0 Å². The fourth-order valence-corrected chi connectivity index (χ4v) is 1.74. The maximum Gasteiger partial charge on any atom is 0.222 e. The van der Waals surface area contributed by atoms with Crippen LogP contribution in [-0.2, 0) is 14.3 Å².